The minimum Gasteiger partial charge on any atom is -0.490 e. The topological polar surface area (TPSA) is 73.6 Å². The summed E-state index contributed by atoms with van der Waals surface area (Å²) in [5.74, 6) is 0.291. The molecule has 0 fully saturated rings. The molecule has 0 saturated carbocycles. The predicted octanol–water partition coefficient (Wildman–Crippen LogP) is 4.69. The number of benzene rings is 2. The zero-order valence-corrected chi connectivity index (χ0v) is 16.4. The number of hydrogen-bond donors (Lipinski definition) is 1. The predicted molar refractivity (Wildman–Crippen MR) is 107 cm³/mol. The summed E-state index contributed by atoms with van der Waals surface area (Å²) in [6.07, 6.45) is 0. The Bertz CT molecular complexity index is 967. The molecule has 0 saturated heterocycles. The van der Waals surface area contributed by atoms with Crippen LogP contribution in [-0.2, 0) is 6.54 Å². The average molecular weight is 401 g/mol. The van der Waals surface area contributed by atoms with Gasteiger partial charge in [-0.05, 0) is 43.7 Å². The second-order valence-electron chi connectivity index (χ2n) is 6.19. The Morgan fingerprint density at radius 1 is 1.14 bits per heavy atom. The Morgan fingerprint density at radius 3 is 2.54 bits per heavy atom. The van der Waals surface area contributed by atoms with Crippen LogP contribution in [0, 0.1) is 6.92 Å². The van der Waals surface area contributed by atoms with E-state index in [-0.39, 0.29) is 5.56 Å². The van der Waals surface area contributed by atoms with Crippen molar-refractivity contribution in [3.8, 4) is 22.9 Å². The average Bonchev–Trinajstić information content (AvgIpc) is 3.07. The molecule has 1 aromatic heterocycles. The highest BCUT2D eigenvalue weighted by Gasteiger charge is 2.12. The third kappa shape index (κ3) is 4.64. The SMILES string of the molecule is CCOc1cc(-c2ccc(C(=O)O)cc2)nn1CCOc1ccc(C)cc1Cl. The van der Waals surface area contributed by atoms with Crippen LogP contribution in [0.25, 0.3) is 11.3 Å². The van der Waals surface area contributed by atoms with Gasteiger partial charge < -0.3 is 14.6 Å². The molecule has 0 amide bonds. The second kappa shape index (κ2) is 8.80. The maximum atomic E-state index is 11.0. The zero-order chi connectivity index (χ0) is 20.1. The van der Waals surface area contributed by atoms with Crippen molar-refractivity contribution in [1.29, 1.82) is 0 Å². The van der Waals surface area contributed by atoms with Crippen molar-refractivity contribution in [3.63, 3.8) is 0 Å². The highest BCUT2D eigenvalue weighted by atomic mass is 35.5. The van der Waals surface area contributed by atoms with Gasteiger partial charge in [0.2, 0.25) is 5.88 Å². The van der Waals surface area contributed by atoms with Gasteiger partial charge in [0.05, 0.1) is 29.4 Å². The van der Waals surface area contributed by atoms with Crippen molar-refractivity contribution in [2.75, 3.05) is 13.2 Å². The lowest BCUT2D eigenvalue weighted by molar-refractivity contribution is 0.0697. The highest BCUT2D eigenvalue weighted by Crippen LogP contribution is 2.26. The molecule has 0 unspecified atom stereocenters. The summed E-state index contributed by atoms with van der Waals surface area (Å²) in [4.78, 5) is 11.0. The van der Waals surface area contributed by atoms with E-state index >= 15 is 0 Å². The Morgan fingerprint density at radius 2 is 1.89 bits per heavy atom. The van der Waals surface area contributed by atoms with Crippen LogP contribution >= 0.6 is 11.6 Å². The quantitative estimate of drug-likeness (QED) is 0.593. The highest BCUT2D eigenvalue weighted by molar-refractivity contribution is 6.32. The zero-order valence-electron chi connectivity index (χ0n) is 15.7. The van der Waals surface area contributed by atoms with Gasteiger partial charge in [-0.2, -0.15) is 5.10 Å². The summed E-state index contributed by atoms with van der Waals surface area (Å²) in [6.45, 7) is 5.24. The molecule has 2 aromatic carbocycles. The largest absolute Gasteiger partial charge is 0.490 e. The number of aromatic carboxylic acids is 1. The van der Waals surface area contributed by atoms with Crippen molar-refractivity contribution in [1.82, 2.24) is 9.78 Å². The van der Waals surface area contributed by atoms with E-state index in [1.165, 1.54) is 0 Å². The normalized spacial score (nSPS) is 10.7. The second-order valence-corrected chi connectivity index (χ2v) is 6.60. The Hall–Kier alpha value is -2.99. The van der Waals surface area contributed by atoms with E-state index in [2.05, 4.69) is 5.10 Å². The van der Waals surface area contributed by atoms with E-state index in [0.717, 1.165) is 11.1 Å². The molecule has 28 heavy (non-hydrogen) atoms. The number of hydrogen-bond acceptors (Lipinski definition) is 4. The van der Waals surface area contributed by atoms with E-state index in [4.69, 9.17) is 26.2 Å². The standard InChI is InChI=1S/C21H21ClN2O4/c1-3-27-20-13-18(15-5-7-16(8-6-15)21(25)26)23-24(20)10-11-28-19-9-4-14(2)12-17(19)22/h4-9,12-13H,3,10-11H2,1-2H3,(H,25,26). The lowest BCUT2D eigenvalue weighted by atomic mass is 10.1. The number of ether oxygens (including phenoxy) is 2. The summed E-state index contributed by atoms with van der Waals surface area (Å²) >= 11 is 6.20. The van der Waals surface area contributed by atoms with Gasteiger partial charge in [-0.15, -0.1) is 0 Å². The Kier molecular flexibility index (Phi) is 6.21. The first-order valence-corrected chi connectivity index (χ1v) is 9.29. The molecule has 1 heterocycles. The lowest BCUT2D eigenvalue weighted by Gasteiger charge is -2.10. The first-order chi connectivity index (χ1) is 13.5. The molecule has 1 N–H and O–H groups in total. The van der Waals surface area contributed by atoms with Crippen molar-refractivity contribution < 1.29 is 19.4 Å². The van der Waals surface area contributed by atoms with E-state index in [1.54, 1.807) is 28.9 Å². The van der Waals surface area contributed by atoms with E-state index < -0.39 is 5.97 Å². The molecule has 0 radical (unpaired) electrons. The molecule has 0 atom stereocenters. The van der Waals surface area contributed by atoms with E-state index in [0.29, 0.717) is 42.1 Å². The van der Waals surface area contributed by atoms with Crippen LogP contribution in [0.3, 0.4) is 0 Å². The fourth-order valence-corrected chi connectivity index (χ4v) is 3.00. The van der Waals surface area contributed by atoms with Gasteiger partial charge in [0.15, 0.2) is 0 Å². The van der Waals surface area contributed by atoms with E-state index in [9.17, 15) is 4.79 Å². The molecular formula is C21H21ClN2O4. The van der Waals surface area contributed by atoms with Gasteiger partial charge in [-0.3, -0.25) is 0 Å². The fourth-order valence-electron chi connectivity index (χ4n) is 2.71. The van der Waals surface area contributed by atoms with Crippen LogP contribution in [0.1, 0.15) is 22.8 Å². The van der Waals surface area contributed by atoms with Gasteiger partial charge >= 0.3 is 5.97 Å². The number of carboxylic acid groups (broad SMARTS) is 1. The number of rotatable bonds is 8. The number of nitrogens with zero attached hydrogens (tertiary/aromatic N) is 2. The lowest BCUT2D eigenvalue weighted by Crippen LogP contribution is -2.11. The first-order valence-electron chi connectivity index (χ1n) is 8.91. The van der Waals surface area contributed by atoms with Crippen molar-refractivity contribution in [2.45, 2.75) is 20.4 Å². The minimum atomic E-state index is -0.959. The summed E-state index contributed by atoms with van der Waals surface area (Å²) in [6, 6.07) is 14.1. The summed E-state index contributed by atoms with van der Waals surface area (Å²) < 4.78 is 13.2. The molecule has 0 aliphatic rings. The Balaban J connectivity index is 1.74. The third-order valence-electron chi connectivity index (χ3n) is 4.11. The fraction of sp³-hybridized carbons (Fsp3) is 0.238. The van der Waals surface area contributed by atoms with Crippen molar-refractivity contribution in [2.24, 2.45) is 0 Å². The summed E-state index contributed by atoms with van der Waals surface area (Å²) in [5, 5.41) is 14.2. The number of halogens is 1. The molecule has 0 aliphatic carbocycles. The molecule has 0 aliphatic heterocycles. The molecule has 0 spiro atoms. The van der Waals surface area contributed by atoms with Gasteiger partial charge in [-0.25, -0.2) is 9.48 Å². The molecule has 3 rings (SSSR count). The monoisotopic (exact) mass is 400 g/mol. The van der Waals surface area contributed by atoms with Crippen LogP contribution in [0.2, 0.25) is 5.02 Å². The van der Waals surface area contributed by atoms with Crippen molar-refractivity contribution >= 4 is 17.6 Å². The minimum absolute atomic E-state index is 0.233. The van der Waals surface area contributed by atoms with Gasteiger partial charge in [-0.1, -0.05) is 29.8 Å². The van der Waals surface area contributed by atoms with Crippen LogP contribution in [0.5, 0.6) is 11.6 Å². The third-order valence-corrected chi connectivity index (χ3v) is 4.41. The molecule has 6 nitrogen and oxygen atoms in total. The number of carbonyl (C=O) groups is 1. The smallest absolute Gasteiger partial charge is 0.335 e. The number of aromatic nitrogens is 2. The number of aryl methyl sites for hydroxylation is 1. The summed E-state index contributed by atoms with van der Waals surface area (Å²) in [7, 11) is 0. The maximum Gasteiger partial charge on any atom is 0.335 e. The Labute approximate surface area is 168 Å². The van der Waals surface area contributed by atoms with Crippen LogP contribution in [-0.4, -0.2) is 34.1 Å². The van der Waals surface area contributed by atoms with Gasteiger partial charge in [0, 0.05) is 11.6 Å². The van der Waals surface area contributed by atoms with Gasteiger partial charge in [0.1, 0.15) is 12.4 Å². The number of carboxylic acids is 1. The van der Waals surface area contributed by atoms with Crippen molar-refractivity contribution in [3.05, 3.63) is 64.7 Å². The van der Waals surface area contributed by atoms with Crippen LogP contribution in [0.15, 0.2) is 48.5 Å². The molecule has 3 aromatic rings. The van der Waals surface area contributed by atoms with Gasteiger partial charge in [0.25, 0.3) is 0 Å². The summed E-state index contributed by atoms with van der Waals surface area (Å²) in [5.41, 5.74) is 2.82. The van der Waals surface area contributed by atoms with Crippen LogP contribution in [0.4, 0.5) is 0 Å². The molecule has 0 bridgehead atoms. The molecule has 146 valence electrons. The molecular weight excluding hydrogens is 380 g/mol. The van der Waals surface area contributed by atoms with Crippen LogP contribution < -0.4 is 9.47 Å². The molecule has 7 heteroatoms. The first kappa shape index (κ1) is 19.8. The maximum absolute atomic E-state index is 11.0. The van der Waals surface area contributed by atoms with E-state index in [1.807, 2.05) is 38.1 Å².